The van der Waals surface area contributed by atoms with Crippen molar-refractivity contribution >= 4 is 5.91 Å². The Balaban J connectivity index is 1.22. The molecule has 0 radical (unpaired) electrons. The topological polar surface area (TPSA) is 42.2 Å². The third-order valence-corrected chi connectivity index (χ3v) is 6.32. The molecule has 0 aliphatic heterocycles. The molecule has 4 fully saturated rings. The van der Waals surface area contributed by atoms with Crippen LogP contribution in [0.4, 0.5) is 0 Å². The molecule has 0 atom stereocenters. The van der Waals surface area contributed by atoms with Gasteiger partial charge < -0.3 is 9.73 Å². The SMILES string of the molecule is O=C(CCc1ccco1)NCCC12CC3CC(CC(C3)C1)C2. The monoisotopic (exact) mass is 301 g/mol. The maximum Gasteiger partial charge on any atom is 0.220 e. The Morgan fingerprint density at radius 1 is 1.18 bits per heavy atom. The number of carbonyl (C=O) groups excluding carboxylic acids is 1. The second-order valence-electron chi connectivity index (χ2n) is 8.10. The van der Waals surface area contributed by atoms with E-state index >= 15 is 0 Å². The van der Waals surface area contributed by atoms with Gasteiger partial charge in [-0.05, 0) is 80.2 Å². The Morgan fingerprint density at radius 3 is 2.45 bits per heavy atom. The Bertz CT molecular complexity index is 484. The summed E-state index contributed by atoms with van der Waals surface area (Å²) in [5.74, 6) is 4.07. The lowest BCUT2D eigenvalue weighted by atomic mass is 9.49. The largest absolute Gasteiger partial charge is 0.469 e. The predicted octanol–water partition coefficient (Wildman–Crippen LogP) is 3.93. The summed E-state index contributed by atoms with van der Waals surface area (Å²) in [6.45, 7) is 0.864. The lowest BCUT2D eigenvalue weighted by Gasteiger charge is -2.57. The number of nitrogens with one attached hydrogen (secondary N) is 1. The van der Waals surface area contributed by atoms with Crippen LogP contribution < -0.4 is 5.32 Å². The fourth-order valence-corrected chi connectivity index (χ4v) is 5.84. The summed E-state index contributed by atoms with van der Waals surface area (Å²) < 4.78 is 5.27. The molecule has 0 spiro atoms. The minimum Gasteiger partial charge on any atom is -0.469 e. The van der Waals surface area contributed by atoms with Crippen LogP contribution in [0.25, 0.3) is 0 Å². The molecule has 4 aliphatic carbocycles. The van der Waals surface area contributed by atoms with Crippen LogP contribution in [0.1, 0.15) is 57.1 Å². The molecular formula is C19H27NO2. The van der Waals surface area contributed by atoms with Crippen LogP contribution in [0.15, 0.2) is 22.8 Å². The molecule has 1 amide bonds. The van der Waals surface area contributed by atoms with Gasteiger partial charge in [0.05, 0.1) is 6.26 Å². The van der Waals surface area contributed by atoms with E-state index in [9.17, 15) is 4.79 Å². The zero-order chi connectivity index (χ0) is 15.0. The number of aryl methyl sites for hydroxylation is 1. The van der Waals surface area contributed by atoms with E-state index in [-0.39, 0.29) is 5.91 Å². The van der Waals surface area contributed by atoms with Gasteiger partial charge in [-0.15, -0.1) is 0 Å². The van der Waals surface area contributed by atoms with Gasteiger partial charge in [-0.25, -0.2) is 0 Å². The van der Waals surface area contributed by atoms with Gasteiger partial charge in [0, 0.05) is 19.4 Å². The molecule has 1 aromatic heterocycles. The van der Waals surface area contributed by atoms with Gasteiger partial charge in [0.15, 0.2) is 0 Å². The summed E-state index contributed by atoms with van der Waals surface area (Å²) >= 11 is 0. The van der Waals surface area contributed by atoms with E-state index in [1.807, 2.05) is 12.1 Å². The van der Waals surface area contributed by atoms with Crippen molar-refractivity contribution in [3.05, 3.63) is 24.2 Å². The number of hydrogen-bond donors (Lipinski definition) is 1. The van der Waals surface area contributed by atoms with Crippen molar-refractivity contribution in [2.45, 2.75) is 57.8 Å². The van der Waals surface area contributed by atoms with Gasteiger partial charge in [-0.2, -0.15) is 0 Å². The first-order valence-corrected chi connectivity index (χ1v) is 9.00. The first kappa shape index (κ1) is 14.3. The Morgan fingerprint density at radius 2 is 1.86 bits per heavy atom. The van der Waals surface area contributed by atoms with Crippen LogP contribution in [-0.4, -0.2) is 12.5 Å². The van der Waals surface area contributed by atoms with Crippen molar-refractivity contribution in [2.24, 2.45) is 23.2 Å². The minimum atomic E-state index is 0.168. The first-order chi connectivity index (χ1) is 10.7. The van der Waals surface area contributed by atoms with E-state index in [0.717, 1.165) is 30.1 Å². The van der Waals surface area contributed by atoms with Gasteiger partial charge in [-0.3, -0.25) is 4.79 Å². The minimum absolute atomic E-state index is 0.168. The highest BCUT2D eigenvalue weighted by molar-refractivity contribution is 5.76. The number of furan rings is 1. The van der Waals surface area contributed by atoms with Crippen molar-refractivity contribution in [1.29, 1.82) is 0 Å². The van der Waals surface area contributed by atoms with E-state index in [2.05, 4.69) is 5.32 Å². The van der Waals surface area contributed by atoms with E-state index in [4.69, 9.17) is 4.42 Å². The van der Waals surface area contributed by atoms with E-state index in [1.54, 1.807) is 6.26 Å². The second-order valence-corrected chi connectivity index (χ2v) is 8.10. The summed E-state index contributed by atoms with van der Waals surface area (Å²) in [6, 6.07) is 3.81. The maximum absolute atomic E-state index is 12.0. The fraction of sp³-hybridized carbons (Fsp3) is 0.737. The number of carbonyl (C=O) groups is 1. The lowest BCUT2D eigenvalue weighted by Crippen LogP contribution is -2.47. The van der Waals surface area contributed by atoms with Crippen molar-refractivity contribution in [1.82, 2.24) is 5.32 Å². The smallest absolute Gasteiger partial charge is 0.220 e. The van der Waals surface area contributed by atoms with Crippen LogP contribution in [0.2, 0.25) is 0 Å². The average molecular weight is 301 g/mol. The Labute approximate surface area is 132 Å². The van der Waals surface area contributed by atoms with Crippen LogP contribution in [0, 0.1) is 23.2 Å². The number of rotatable bonds is 6. The third kappa shape index (κ3) is 2.95. The summed E-state index contributed by atoms with van der Waals surface area (Å²) in [4.78, 5) is 12.0. The van der Waals surface area contributed by atoms with Crippen LogP contribution in [0.3, 0.4) is 0 Å². The summed E-state index contributed by atoms with van der Waals surface area (Å²) in [6.07, 6.45) is 12.9. The highest BCUT2D eigenvalue weighted by atomic mass is 16.3. The van der Waals surface area contributed by atoms with Crippen LogP contribution in [-0.2, 0) is 11.2 Å². The molecule has 120 valence electrons. The number of hydrogen-bond acceptors (Lipinski definition) is 2. The lowest BCUT2D eigenvalue weighted by molar-refractivity contribution is -0.121. The Hall–Kier alpha value is -1.25. The summed E-state index contributed by atoms with van der Waals surface area (Å²) in [5.41, 5.74) is 0.572. The van der Waals surface area contributed by atoms with Gasteiger partial charge in [0.25, 0.3) is 0 Å². The molecule has 1 heterocycles. The molecule has 5 rings (SSSR count). The molecule has 0 unspecified atom stereocenters. The molecule has 4 aliphatic rings. The molecule has 1 aromatic rings. The summed E-state index contributed by atoms with van der Waals surface area (Å²) in [7, 11) is 0. The Kier molecular flexibility index (Phi) is 3.75. The highest BCUT2D eigenvalue weighted by Crippen LogP contribution is 2.61. The van der Waals surface area contributed by atoms with Crippen LogP contribution >= 0.6 is 0 Å². The van der Waals surface area contributed by atoms with E-state index in [0.29, 0.717) is 18.3 Å². The number of amides is 1. The zero-order valence-corrected chi connectivity index (χ0v) is 13.4. The molecule has 0 saturated heterocycles. The second kappa shape index (κ2) is 5.75. The van der Waals surface area contributed by atoms with E-state index < -0.39 is 0 Å². The summed E-state index contributed by atoms with van der Waals surface area (Å²) in [5, 5.41) is 3.14. The van der Waals surface area contributed by atoms with Gasteiger partial charge >= 0.3 is 0 Å². The van der Waals surface area contributed by atoms with Gasteiger partial charge in [0.1, 0.15) is 5.76 Å². The third-order valence-electron chi connectivity index (χ3n) is 6.32. The van der Waals surface area contributed by atoms with Crippen LogP contribution in [0.5, 0.6) is 0 Å². The van der Waals surface area contributed by atoms with Gasteiger partial charge in [-0.1, -0.05) is 0 Å². The van der Waals surface area contributed by atoms with Gasteiger partial charge in [0.2, 0.25) is 5.91 Å². The molecule has 4 bridgehead atoms. The van der Waals surface area contributed by atoms with Crippen molar-refractivity contribution < 1.29 is 9.21 Å². The molecule has 1 N–H and O–H groups in total. The van der Waals surface area contributed by atoms with Crippen molar-refractivity contribution in [3.63, 3.8) is 0 Å². The molecule has 22 heavy (non-hydrogen) atoms. The average Bonchev–Trinajstić information content (AvgIpc) is 2.96. The molecule has 4 saturated carbocycles. The molecule has 3 heteroatoms. The standard InChI is InChI=1S/C19H27NO2/c21-18(4-3-17-2-1-7-22-17)20-6-5-19-11-14-8-15(12-19)10-16(9-14)13-19/h1-2,7,14-16H,3-6,8-13H2,(H,20,21). The highest BCUT2D eigenvalue weighted by Gasteiger charge is 2.50. The quantitative estimate of drug-likeness (QED) is 0.865. The fourth-order valence-electron chi connectivity index (χ4n) is 5.84. The van der Waals surface area contributed by atoms with Crippen molar-refractivity contribution in [2.75, 3.05) is 6.54 Å². The normalized spacial score (nSPS) is 35.7. The zero-order valence-electron chi connectivity index (χ0n) is 13.4. The molecular weight excluding hydrogens is 274 g/mol. The van der Waals surface area contributed by atoms with Crippen molar-refractivity contribution in [3.8, 4) is 0 Å². The molecule has 0 aromatic carbocycles. The molecule has 3 nitrogen and oxygen atoms in total. The van der Waals surface area contributed by atoms with E-state index in [1.165, 1.54) is 44.9 Å². The predicted molar refractivity (Wildman–Crippen MR) is 85.3 cm³/mol. The first-order valence-electron chi connectivity index (χ1n) is 9.00. The maximum atomic E-state index is 12.0.